The maximum absolute atomic E-state index is 11.6. The van der Waals surface area contributed by atoms with Gasteiger partial charge in [0.1, 0.15) is 10.7 Å². The van der Waals surface area contributed by atoms with Crippen LogP contribution in [0.2, 0.25) is 0 Å². The van der Waals surface area contributed by atoms with Gasteiger partial charge in [-0.15, -0.1) is 11.3 Å². The predicted molar refractivity (Wildman–Crippen MR) is 218 cm³/mol. The highest BCUT2D eigenvalue weighted by Crippen LogP contribution is 2.32. The average molecular weight is 776 g/mol. The second-order valence-corrected chi connectivity index (χ2v) is 13.8. The van der Waals surface area contributed by atoms with Crippen molar-refractivity contribution in [2.24, 2.45) is 17.2 Å². The molecule has 290 valence electrons. The van der Waals surface area contributed by atoms with E-state index in [1.807, 2.05) is 92.6 Å². The number of hydrogen-bond acceptors (Lipinski definition) is 15. The first kappa shape index (κ1) is 42.4. The molecular weight excluding hydrogens is 731 g/mol. The third-order valence-corrected chi connectivity index (χ3v) is 9.23. The van der Waals surface area contributed by atoms with E-state index < -0.39 is 0 Å². The van der Waals surface area contributed by atoms with Gasteiger partial charge < -0.3 is 35.8 Å². The fourth-order valence-electron chi connectivity index (χ4n) is 5.18. The van der Waals surface area contributed by atoms with Crippen LogP contribution in [0.1, 0.15) is 74.6 Å². The van der Waals surface area contributed by atoms with Gasteiger partial charge in [0.2, 0.25) is 11.8 Å². The highest BCUT2D eigenvalue weighted by Gasteiger charge is 2.20. The van der Waals surface area contributed by atoms with Crippen LogP contribution < -0.4 is 27.0 Å². The normalized spacial score (nSPS) is 10.4. The van der Waals surface area contributed by atoms with E-state index in [0.717, 1.165) is 32.4 Å². The van der Waals surface area contributed by atoms with Crippen molar-refractivity contribution in [1.82, 2.24) is 15.0 Å². The molecule has 0 spiro atoms. The summed E-state index contributed by atoms with van der Waals surface area (Å²) in [5, 5.41) is 9.52. The Morgan fingerprint density at radius 1 is 0.607 bits per heavy atom. The number of oxazole rings is 2. The zero-order valence-electron chi connectivity index (χ0n) is 32.4. The first-order valence-corrected chi connectivity index (χ1v) is 18.2. The molecule has 0 atom stereocenters. The smallest absolute Gasteiger partial charge is 0.209 e. The van der Waals surface area contributed by atoms with Gasteiger partial charge >= 0.3 is 0 Å². The van der Waals surface area contributed by atoms with Crippen molar-refractivity contribution in [3.8, 4) is 39.2 Å². The monoisotopic (exact) mass is 775 g/mol. The van der Waals surface area contributed by atoms with Crippen molar-refractivity contribution >= 4 is 40.1 Å². The summed E-state index contributed by atoms with van der Waals surface area (Å²) in [6.45, 7) is 5.10. The molecule has 6 N–H and O–H groups in total. The van der Waals surface area contributed by atoms with Gasteiger partial charge in [-0.2, -0.15) is 5.26 Å². The summed E-state index contributed by atoms with van der Waals surface area (Å²) in [5.74, 6) is 1.23. The number of aromatic nitrogens is 3. The molecule has 0 aliphatic rings. The largest absolute Gasteiger partial charge is 0.439 e. The molecule has 0 radical (unpaired) electrons. The Labute approximate surface area is 329 Å². The molecule has 3 aromatic carbocycles. The number of carbonyl (C=O) groups excluding carboxylic acids is 3. The summed E-state index contributed by atoms with van der Waals surface area (Å²) in [4.78, 5) is 52.1. The number of Topliss-reactive ketones (excluding diaryl/α,β-unsaturated/α-hetero) is 3. The summed E-state index contributed by atoms with van der Waals surface area (Å²) in [7, 11) is 7.93. The van der Waals surface area contributed by atoms with Gasteiger partial charge in [0, 0.05) is 78.0 Å². The van der Waals surface area contributed by atoms with E-state index >= 15 is 0 Å². The zero-order valence-corrected chi connectivity index (χ0v) is 33.2. The fourth-order valence-corrected chi connectivity index (χ4v) is 6.17. The van der Waals surface area contributed by atoms with E-state index in [0.29, 0.717) is 52.4 Å². The first-order valence-electron chi connectivity index (χ1n) is 17.4. The topological polar surface area (TPSA) is 224 Å². The van der Waals surface area contributed by atoms with Crippen LogP contribution in [0.3, 0.4) is 0 Å². The number of benzene rings is 3. The van der Waals surface area contributed by atoms with Crippen molar-refractivity contribution in [1.29, 1.82) is 5.26 Å². The van der Waals surface area contributed by atoms with Crippen molar-refractivity contribution < 1.29 is 23.2 Å². The fraction of sp³-hybridized carbons (Fsp3) is 0.244. The van der Waals surface area contributed by atoms with Gasteiger partial charge in [0.25, 0.3) is 0 Å². The van der Waals surface area contributed by atoms with E-state index in [9.17, 15) is 14.4 Å². The van der Waals surface area contributed by atoms with Crippen LogP contribution in [0, 0.1) is 11.3 Å². The molecule has 0 aliphatic heterocycles. The number of nitrogens with zero attached hydrogens (tertiary/aromatic N) is 6. The summed E-state index contributed by atoms with van der Waals surface area (Å²) in [5.41, 5.74) is 22.9. The number of anilines is 2. The lowest BCUT2D eigenvalue weighted by atomic mass is 10.1. The van der Waals surface area contributed by atoms with Crippen LogP contribution in [0.25, 0.3) is 33.1 Å². The molecule has 0 fully saturated rings. The highest BCUT2D eigenvalue weighted by atomic mass is 32.1. The third kappa shape index (κ3) is 10.5. The number of rotatable bonds is 11. The number of nitrogens with two attached hydrogens (primary N) is 3. The van der Waals surface area contributed by atoms with Gasteiger partial charge in [-0.3, -0.25) is 14.4 Å². The molecule has 3 aromatic heterocycles. The highest BCUT2D eigenvalue weighted by molar-refractivity contribution is 7.15. The molecule has 6 aromatic rings. The molecule has 0 unspecified atom stereocenters. The van der Waals surface area contributed by atoms with Gasteiger partial charge in [-0.25, -0.2) is 15.0 Å². The molecule has 0 aliphatic carbocycles. The van der Waals surface area contributed by atoms with Crippen molar-refractivity contribution in [2.45, 2.75) is 40.4 Å². The molecule has 0 saturated heterocycles. The lowest BCUT2D eigenvalue weighted by Crippen LogP contribution is -2.07. The molecule has 14 nitrogen and oxygen atoms in total. The minimum Gasteiger partial charge on any atom is -0.439 e. The van der Waals surface area contributed by atoms with E-state index in [4.69, 9.17) is 31.3 Å². The van der Waals surface area contributed by atoms with Gasteiger partial charge in [0.05, 0.1) is 29.6 Å². The number of carbonyl (C=O) groups is 3. The van der Waals surface area contributed by atoms with Crippen LogP contribution in [0.5, 0.6) is 0 Å². The van der Waals surface area contributed by atoms with Crippen molar-refractivity contribution in [2.75, 3.05) is 38.0 Å². The number of thiazole rings is 1. The third-order valence-electron chi connectivity index (χ3n) is 8.11. The van der Waals surface area contributed by atoms with Crippen LogP contribution >= 0.6 is 11.3 Å². The molecule has 0 amide bonds. The zero-order chi connectivity index (χ0) is 41.1. The van der Waals surface area contributed by atoms with Crippen LogP contribution in [0.15, 0.2) is 81.6 Å². The Hall–Kier alpha value is -6.31. The van der Waals surface area contributed by atoms with E-state index in [1.165, 1.54) is 32.1 Å². The lowest BCUT2D eigenvalue weighted by molar-refractivity contribution is 0.100. The maximum Gasteiger partial charge on any atom is 0.209 e. The number of ketones is 3. The standard InChI is InChI=1S/C14H17N3O2.C14H17N3OS.C13H11N3O2/c2*1-9(18)13-14(19-12(8-15)16-13)10-4-6-11(7-5-10)17(2)3;1-8(17)12-13(18-11(7-15)16-12)10-4-2-9(6-14)3-5-10/h2*4-7H,8,15H2,1-3H3;2-5H,7,15H2,1H3. The predicted octanol–water partition coefficient (Wildman–Crippen LogP) is 6.48. The van der Waals surface area contributed by atoms with Gasteiger partial charge in [0.15, 0.2) is 40.3 Å². The van der Waals surface area contributed by atoms with Gasteiger partial charge in [-0.1, -0.05) is 12.1 Å². The molecule has 15 heteroatoms. The van der Waals surface area contributed by atoms with E-state index in [-0.39, 0.29) is 36.1 Å². The summed E-state index contributed by atoms with van der Waals surface area (Å²) >= 11 is 1.48. The number of nitriles is 1. The van der Waals surface area contributed by atoms with Crippen molar-refractivity contribution in [3.05, 3.63) is 112 Å². The SMILES string of the molecule is CC(=O)c1nc(CN)oc1-c1ccc(C#N)cc1.CC(=O)c1nc(CN)oc1-c1ccc(N(C)C)cc1.CC(=O)c1nc(CN)sc1-c1ccc(N(C)C)cc1. The molecule has 56 heavy (non-hydrogen) atoms. The Morgan fingerprint density at radius 2 is 1.00 bits per heavy atom. The lowest BCUT2D eigenvalue weighted by Gasteiger charge is -2.12. The van der Waals surface area contributed by atoms with Crippen molar-refractivity contribution in [3.63, 3.8) is 0 Å². The first-order chi connectivity index (χ1) is 26.7. The minimum absolute atomic E-state index is 0.0253. The second-order valence-electron chi connectivity index (χ2n) is 12.7. The molecule has 0 saturated carbocycles. The second kappa shape index (κ2) is 19.3. The Balaban J connectivity index is 0.000000187. The summed E-state index contributed by atoms with van der Waals surface area (Å²) in [6.07, 6.45) is 0. The summed E-state index contributed by atoms with van der Waals surface area (Å²) < 4.78 is 11.0. The maximum atomic E-state index is 11.6. The van der Waals surface area contributed by atoms with Crippen LogP contribution in [-0.2, 0) is 19.6 Å². The van der Waals surface area contributed by atoms with Crippen LogP contribution in [-0.4, -0.2) is 60.5 Å². The van der Waals surface area contributed by atoms with E-state index in [2.05, 4.69) is 15.0 Å². The average Bonchev–Trinajstić information content (AvgIpc) is 3.96. The van der Waals surface area contributed by atoms with Gasteiger partial charge in [-0.05, 0) is 66.2 Å². The molecule has 0 bridgehead atoms. The number of hydrogen-bond donors (Lipinski definition) is 3. The summed E-state index contributed by atoms with van der Waals surface area (Å²) in [6, 6.07) is 24.6. The minimum atomic E-state index is -0.183. The Bertz CT molecular complexity index is 2210. The Kier molecular flexibility index (Phi) is 14.6. The van der Waals surface area contributed by atoms with Crippen LogP contribution in [0.4, 0.5) is 11.4 Å². The van der Waals surface area contributed by atoms with E-state index in [1.54, 1.807) is 24.3 Å². The molecular formula is C41H45N9O5S. The molecule has 3 heterocycles. The quantitative estimate of drug-likeness (QED) is 0.120. The molecule has 6 rings (SSSR count). The Morgan fingerprint density at radius 3 is 1.34 bits per heavy atom.